The SMILES string of the molecule is COC(=O)c1ccc(NC(=O)C2CCN(CC(=O)Nc3ccc(C)cc3)CC2)cc1. The van der Waals surface area contributed by atoms with Crippen LogP contribution in [0.5, 0.6) is 0 Å². The highest BCUT2D eigenvalue weighted by Gasteiger charge is 2.26. The first-order valence-corrected chi connectivity index (χ1v) is 10.0. The van der Waals surface area contributed by atoms with E-state index in [0.29, 0.717) is 43.7 Å². The maximum atomic E-state index is 12.5. The molecule has 0 saturated carbocycles. The van der Waals surface area contributed by atoms with E-state index in [1.54, 1.807) is 24.3 Å². The van der Waals surface area contributed by atoms with Crippen LogP contribution in [-0.4, -0.2) is 49.4 Å². The van der Waals surface area contributed by atoms with E-state index >= 15 is 0 Å². The molecule has 0 aliphatic carbocycles. The summed E-state index contributed by atoms with van der Waals surface area (Å²) in [4.78, 5) is 38.3. The van der Waals surface area contributed by atoms with Crippen molar-refractivity contribution in [3.05, 3.63) is 59.7 Å². The van der Waals surface area contributed by atoms with Gasteiger partial charge in [-0.3, -0.25) is 14.5 Å². The predicted octanol–water partition coefficient (Wildman–Crippen LogP) is 3.07. The van der Waals surface area contributed by atoms with Crippen LogP contribution in [0.25, 0.3) is 0 Å². The normalized spacial score (nSPS) is 14.7. The molecular weight excluding hydrogens is 382 g/mol. The number of amides is 2. The van der Waals surface area contributed by atoms with Crippen molar-refractivity contribution in [3.8, 4) is 0 Å². The second-order valence-corrected chi connectivity index (χ2v) is 7.52. The number of benzene rings is 2. The molecule has 1 aliphatic heterocycles. The van der Waals surface area contributed by atoms with Crippen LogP contribution in [-0.2, 0) is 14.3 Å². The summed E-state index contributed by atoms with van der Waals surface area (Å²) in [6.07, 6.45) is 1.40. The van der Waals surface area contributed by atoms with Crippen molar-refractivity contribution in [1.29, 1.82) is 0 Å². The van der Waals surface area contributed by atoms with Crippen molar-refractivity contribution >= 4 is 29.2 Å². The minimum Gasteiger partial charge on any atom is -0.465 e. The molecule has 1 aliphatic rings. The summed E-state index contributed by atoms with van der Waals surface area (Å²) in [7, 11) is 1.33. The lowest BCUT2D eigenvalue weighted by molar-refractivity contribution is -0.121. The van der Waals surface area contributed by atoms with Gasteiger partial charge in [-0.2, -0.15) is 0 Å². The van der Waals surface area contributed by atoms with Crippen molar-refractivity contribution < 1.29 is 19.1 Å². The van der Waals surface area contributed by atoms with Crippen molar-refractivity contribution in [3.63, 3.8) is 0 Å². The Bertz CT molecular complexity index is 886. The van der Waals surface area contributed by atoms with Crippen LogP contribution in [0.1, 0.15) is 28.8 Å². The summed E-state index contributed by atoms with van der Waals surface area (Å²) in [5, 5.41) is 5.81. The predicted molar refractivity (Wildman–Crippen MR) is 115 cm³/mol. The van der Waals surface area contributed by atoms with Gasteiger partial charge in [0.1, 0.15) is 0 Å². The number of hydrogen-bond donors (Lipinski definition) is 2. The number of carbonyl (C=O) groups is 3. The van der Waals surface area contributed by atoms with Crippen molar-refractivity contribution in [2.24, 2.45) is 5.92 Å². The van der Waals surface area contributed by atoms with Gasteiger partial charge in [0.15, 0.2) is 0 Å². The van der Waals surface area contributed by atoms with Crippen LogP contribution >= 0.6 is 0 Å². The van der Waals surface area contributed by atoms with E-state index in [1.807, 2.05) is 31.2 Å². The third-order valence-electron chi connectivity index (χ3n) is 5.23. The number of esters is 1. The van der Waals surface area contributed by atoms with Crippen molar-refractivity contribution in [2.75, 3.05) is 37.4 Å². The number of carbonyl (C=O) groups excluding carboxylic acids is 3. The van der Waals surface area contributed by atoms with Gasteiger partial charge < -0.3 is 15.4 Å². The average molecular weight is 409 g/mol. The molecule has 2 N–H and O–H groups in total. The van der Waals surface area contributed by atoms with Gasteiger partial charge in [-0.05, 0) is 69.3 Å². The Morgan fingerprint density at radius 1 is 0.933 bits per heavy atom. The lowest BCUT2D eigenvalue weighted by Gasteiger charge is -2.30. The van der Waals surface area contributed by atoms with Crippen LogP contribution in [0, 0.1) is 12.8 Å². The van der Waals surface area contributed by atoms with Gasteiger partial charge in [-0.1, -0.05) is 17.7 Å². The molecular formula is C23H27N3O4. The number of piperidine rings is 1. The summed E-state index contributed by atoms with van der Waals surface area (Å²) < 4.78 is 4.67. The highest BCUT2D eigenvalue weighted by Crippen LogP contribution is 2.20. The molecule has 2 aromatic rings. The number of hydrogen-bond acceptors (Lipinski definition) is 5. The summed E-state index contributed by atoms with van der Waals surface area (Å²) in [6, 6.07) is 14.3. The van der Waals surface area contributed by atoms with Gasteiger partial charge in [0.2, 0.25) is 11.8 Å². The molecule has 0 unspecified atom stereocenters. The van der Waals surface area contributed by atoms with E-state index in [0.717, 1.165) is 11.3 Å². The van der Waals surface area contributed by atoms with Gasteiger partial charge in [0, 0.05) is 17.3 Å². The molecule has 30 heavy (non-hydrogen) atoms. The summed E-state index contributed by atoms with van der Waals surface area (Å²) in [5.74, 6) is -0.592. The molecule has 7 heteroatoms. The zero-order valence-corrected chi connectivity index (χ0v) is 17.3. The first-order chi connectivity index (χ1) is 14.4. The number of nitrogens with one attached hydrogen (secondary N) is 2. The molecule has 0 aromatic heterocycles. The molecule has 2 aromatic carbocycles. The molecule has 158 valence electrons. The monoisotopic (exact) mass is 409 g/mol. The highest BCUT2D eigenvalue weighted by molar-refractivity contribution is 5.94. The fourth-order valence-corrected chi connectivity index (χ4v) is 3.45. The maximum Gasteiger partial charge on any atom is 0.337 e. The maximum absolute atomic E-state index is 12.5. The number of likely N-dealkylation sites (tertiary alicyclic amines) is 1. The zero-order valence-electron chi connectivity index (χ0n) is 17.3. The molecule has 3 rings (SSSR count). The number of aryl methyl sites for hydroxylation is 1. The lowest BCUT2D eigenvalue weighted by atomic mass is 9.95. The molecule has 1 heterocycles. The first-order valence-electron chi connectivity index (χ1n) is 10.0. The van der Waals surface area contributed by atoms with Gasteiger partial charge in [-0.25, -0.2) is 4.79 Å². The molecule has 0 bridgehead atoms. The van der Waals surface area contributed by atoms with Gasteiger partial charge in [-0.15, -0.1) is 0 Å². The summed E-state index contributed by atoms with van der Waals surface area (Å²) in [5.41, 5.74) is 3.02. The molecule has 1 fully saturated rings. The Morgan fingerprint density at radius 3 is 2.10 bits per heavy atom. The minimum atomic E-state index is -0.410. The lowest BCUT2D eigenvalue weighted by Crippen LogP contribution is -2.41. The second-order valence-electron chi connectivity index (χ2n) is 7.52. The summed E-state index contributed by atoms with van der Waals surface area (Å²) in [6.45, 7) is 3.71. The average Bonchev–Trinajstić information content (AvgIpc) is 2.75. The van der Waals surface area contributed by atoms with Gasteiger partial charge in [0.25, 0.3) is 0 Å². The van der Waals surface area contributed by atoms with E-state index in [2.05, 4.69) is 20.3 Å². The van der Waals surface area contributed by atoms with E-state index in [4.69, 9.17) is 0 Å². The second kappa shape index (κ2) is 10.0. The van der Waals surface area contributed by atoms with Gasteiger partial charge >= 0.3 is 5.97 Å². The van der Waals surface area contributed by atoms with Gasteiger partial charge in [0.05, 0.1) is 19.2 Å². The van der Waals surface area contributed by atoms with Crippen molar-refractivity contribution in [2.45, 2.75) is 19.8 Å². The Labute approximate surface area is 176 Å². The Balaban J connectivity index is 1.43. The zero-order chi connectivity index (χ0) is 21.5. The topological polar surface area (TPSA) is 87.7 Å². The van der Waals surface area contributed by atoms with Crippen LogP contribution in [0.15, 0.2) is 48.5 Å². The van der Waals surface area contributed by atoms with E-state index in [9.17, 15) is 14.4 Å². The number of nitrogens with zero attached hydrogens (tertiary/aromatic N) is 1. The van der Waals surface area contributed by atoms with E-state index in [1.165, 1.54) is 7.11 Å². The number of anilines is 2. The van der Waals surface area contributed by atoms with E-state index in [-0.39, 0.29) is 17.7 Å². The number of methoxy groups -OCH3 is 1. The third-order valence-corrected chi connectivity index (χ3v) is 5.23. The molecule has 0 spiro atoms. The summed E-state index contributed by atoms with van der Waals surface area (Å²) >= 11 is 0. The standard InChI is InChI=1S/C23H27N3O4/c1-16-3-7-19(8-4-16)24-21(27)15-26-13-11-17(12-14-26)22(28)25-20-9-5-18(6-10-20)23(29)30-2/h3-10,17H,11-15H2,1-2H3,(H,24,27)(H,25,28). The van der Waals surface area contributed by atoms with Crippen LogP contribution < -0.4 is 10.6 Å². The Kier molecular flexibility index (Phi) is 7.19. The van der Waals surface area contributed by atoms with Crippen molar-refractivity contribution in [1.82, 2.24) is 4.90 Å². The molecule has 2 amide bonds. The molecule has 1 saturated heterocycles. The van der Waals surface area contributed by atoms with Crippen LogP contribution in [0.2, 0.25) is 0 Å². The molecule has 0 radical (unpaired) electrons. The first kappa shape index (κ1) is 21.5. The smallest absolute Gasteiger partial charge is 0.337 e. The Morgan fingerprint density at radius 2 is 1.50 bits per heavy atom. The number of rotatable bonds is 6. The fourth-order valence-electron chi connectivity index (χ4n) is 3.45. The van der Waals surface area contributed by atoms with Crippen LogP contribution in [0.3, 0.4) is 0 Å². The molecule has 7 nitrogen and oxygen atoms in total. The third kappa shape index (κ3) is 5.90. The van der Waals surface area contributed by atoms with E-state index < -0.39 is 5.97 Å². The molecule has 0 atom stereocenters. The number of ether oxygens (including phenoxy) is 1. The largest absolute Gasteiger partial charge is 0.465 e. The van der Waals surface area contributed by atoms with Crippen LogP contribution in [0.4, 0.5) is 11.4 Å². The fraction of sp³-hybridized carbons (Fsp3) is 0.348. The minimum absolute atomic E-state index is 0.0374. The quantitative estimate of drug-likeness (QED) is 0.716. The Hall–Kier alpha value is -3.19. The highest BCUT2D eigenvalue weighted by atomic mass is 16.5.